The van der Waals surface area contributed by atoms with Gasteiger partial charge in [0.25, 0.3) is 0 Å². The van der Waals surface area contributed by atoms with E-state index in [9.17, 15) is 5.11 Å². The third-order valence-electron chi connectivity index (χ3n) is 3.95. The van der Waals surface area contributed by atoms with E-state index in [1.165, 1.54) is 18.4 Å². The van der Waals surface area contributed by atoms with Gasteiger partial charge in [0, 0.05) is 11.6 Å². The van der Waals surface area contributed by atoms with Crippen LogP contribution in [0, 0.1) is 0 Å². The number of anilines is 1. The van der Waals surface area contributed by atoms with E-state index in [4.69, 9.17) is 11.6 Å². The van der Waals surface area contributed by atoms with E-state index in [0.717, 1.165) is 37.1 Å². The molecule has 1 saturated carbocycles. The quantitative estimate of drug-likeness (QED) is 0.864. The van der Waals surface area contributed by atoms with E-state index in [0.29, 0.717) is 11.2 Å². The number of aromatic nitrogens is 2. The zero-order valence-corrected chi connectivity index (χ0v) is 11.3. The first-order valence-electron chi connectivity index (χ1n) is 6.58. The molecule has 1 aromatic heterocycles. The van der Waals surface area contributed by atoms with Gasteiger partial charge in [-0.2, -0.15) is 0 Å². The van der Waals surface area contributed by atoms with Gasteiger partial charge < -0.3 is 10.4 Å². The topological polar surface area (TPSA) is 58.0 Å². The zero-order valence-electron chi connectivity index (χ0n) is 10.5. The van der Waals surface area contributed by atoms with Crippen molar-refractivity contribution < 1.29 is 5.11 Å². The molecule has 2 aliphatic carbocycles. The number of rotatable bonds is 2. The predicted octanol–water partition coefficient (Wildman–Crippen LogP) is 2.33. The van der Waals surface area contributed by atoms with Gasteiger partial charge in [-0.25, -0.2) is 0 Å². The molecule has 0 amide bonds. The second-order valence-corrected chi connectivity index (χ2v) is 6.11. The van der Waals surface area contributed by atoms with Crippen molar-refractivity contribution in [1.29, 1.82) is 0 Å². The molecule has 1 aromatic rings. The minimum atomic E-state index is -0.516. The lowest BCUT2D eigenvalue weighted by molar-refractivity contribution is -0.0235. The lowest BCUT2D eigenvalue weighted by atomic mass is 9.77. The van der Waals surface area contributed by atoms with Crippen LogP contribution in [-0.2, 0) is 12.8 Å². The molecule has 4 nitrogen and oxygen atoms in total. The Labute approximate surface area is 112 Å². The Morgan fingerprint density at radius 3 is 2.56 bits per heavy atom. The van der Waals surface area contributed by atoms with Crippen molar-refractivity contribution in [2.24, 2.45) is 0 Å². The summed E-state index contributed by atoms with van der Waals surface area (Å²) in [6.07, 6.45) is 5.93. The Morgan fingerprint density at radius 2 is 1.89 bits per heavy atom. The highest BCUT2D eigenvalue weighted by Gasteiger charge is 2.39. The van der Waals surface area contributed by atoms with Crippen molar-refractivity contribution in [3.63, 3.8) is 0 Å². The van der Waals surface area contributed by atoms with Crippen molar-refractivity contribution in [2.45, 2.75) is 57.1 Å². The van der Waals surface area contributed by atoms with Gasteiger partial charge in [-0.3, -0.25) is 0 Å². The third kappa shape index (κ3) is 2.19. The molecule has 2 N–H and O–H groups in total. The molecule has 98 valence electrons. The van der Waals surface area contributed by atoms with Crippen LogP contribution in [0.5, 0.6) is 0 Å². The van der Waals surface area contributed by atoms with Gasteiger partial charge in [0.2, 0.25) is 0 Å². The van der Waals surface area contributed by atoms with E-state index in [-0.39, 0.29) is 0 Å². The van der Waals surface area contributed by atoms with Gasteiger partial charge >= 0.3 is 0 Å². The van der Waals surface area contributed by atoms with Crippen LogP contribution in [0.1, 0.15) is 43.7 Å². The summed E-state index contributed by atoms with van der Waals surface area (Å²) in [5, 5.41) is 21.9. The van der Waals surface area contributed by atoms with Crippen LogP contribution in [0.25, 0.3) is 0 Å². The van der Waals surface area contributed by atoms with Gasteiger partial charge in [-0.1, -0.05) is 11.6 Å². The predicted molar refractivity (Wildman–Crippen MR) is 71.0 cm³/mol. The van der Waals surface area contributed by atoms with Gasteiger partial charge in [0.1, 0.15) is 0 Å². The highest BCUT2D eigenvalue weighted by atomic mass is 35.5. The summed E-state index contributed by atoms with van der Waals surface area (Å²) in [6.45, 7) is 1.87. The van der Waals surface area contributed by atoms with Crippen molar-refractivity contribution >= 4 is 17.4 Å². The number of aliphatic hydroxyl groups is 1. The maximum absolute atomic E-state index is 9.75. The SMILES string of the molecule is CC1(O)CC(Nc2nnc(Cl)c3c2CCCC3)C1. The molecule has 5 heteroatoms. The fraction of sp³-hybridized carbons (Fsp3) is 0.692. The molecule has 0 bridgehead atoms. The fourth-order valence-electron chi connectivity index (χ4n) is 3.02. The zero-order chi connectivity index (χ0) is 12.8. The highest BCUT2D eigenvalue weighted by Crippen LogP contribution is 2.36. The Morgan fingerprint density at radius 1 is 1.22 bits per heavy atom. The summed E-state index contributed by atoms with van der Waals surface area (Å²) in [4.78, 5) is 0. The van der Waals surface area contributed by atoms with Crippen molar-refractivity contribution in [3.05, 3.63) is 16.3 Å². The average Bonchev–Trinajstić information content (AvgIpc) is 2.31. The van der Waals surface area contributed by atoms with Crippen molar-refractivity contribution in [2.75, 3.05) is 5.32 Å². The Balaban J connectivity index is 1.80. The Hall–Kier alpha value is -0.870. The molecule has 3 rings (SSSR count). The molecule has 0 spiro atoms. The van der Waals surface area contributed by atoms with Crippen LogP contribution in [0.2, 0.25) is 5.15 Å². The lowest BCUT2D eigenvalue weighted by Crippen LogP contribution is -2.48. The third-order valence-corrected chi connectivity index (χ3v) is 4.26. The number of halogens is 1. The average molecular weight is 268 g/mol. The van der Waals surface area contributed by atoms with Gasteiger partial charge in [0.05, 0.1) is 5.60 Å². The standard InChI is InChI=1S/C13H18ClN3O/c1-13(18)6-8(7-13)15-12-10-5-3-2-4-9(10)11(14)16-17-12/h8,18H,2-7H2,1H3,(H,15,17). The molecule has 18 heavy (non-hydrogen) atoms. The first-order valence-corrected chi connectivity index (χ1v) is 6.96. The smallest absolute Gasteiger partial charge is 0.155 e. The number of fused-ring (bicyclic) bond motifs is 1. The van der Waals surface area contributed by atoms with Crippen LogP contribution in [0.3, 0.4) is 0 Å². The monoisotopic (exact) mass is 267 g/mol. The first-order chi connectivity index (χ1) is 8.55. The van der Waals surface area contributed by atoms with Crippen LogP contribution in [0.15, 0.2) is 0 Å². The summed E-state index contributed by atoms with van der Waals surface area (Å²) in [5.74, 6) is 0.870. The number of hydrogen-bond acceptors (Lipinski definition) is 4. The lowest BCUT2D eigenvalue weighted by Gasteiger charge is -2.41. The molecule has 1 heterocycles. The Bertz CT molecular complexity index is 468. The molecular formula is C13H18ClN3O. The molecule has 0 aliphatic heterocycles. The first kappa shape index (κ1) is 12.2. The molecule has 0 radical (unpaired) electrons. The highest BCUT2D eigenvalue weighted by molar-refractivity contribution is 6.30. The van der Waals surface area contributed by atoms with Crippen LogP contribution in [0.4, 0.5) is 5.82 Å². The van der Waals surface area contributed by atoms with Crippen LogP contribution >= 0.6 is 11.6 Å². The maximum Gasteiger partial charge on any atom is 0.155 e. The molecular weight excluding hydrogens is 250 g/mol. The molecule has 1 fully saturated rings. The number of nitrogens with zero attached hydrogens (tertiary/aromatic N) is 2. The molecule has 0 unspecified atom stereocenters. The molecule has 0 atom stereocenters. The van der Waals surface area contributed by atoms with E-state index in [2.05, 4.69) is 15.5 Å². The second-order valence-electron chi connectivity index (χ2n) is 5.75. The minimum absolute atomic E-state index is 0.307. The van der Waals surface area contributed by atoms with E-state index < -0.39 is 5.60 Å². The summed E-state index contributed by atoms with van der Waals surface area (Å²) in [7, 11) is 0. The van der Waals surface area contributed by atoms with Crippen LogP contribution < -0.4 is 5.32 Å². The van der Waals surface area contributed by atoms with Crippen LogP contribution in [-0.4, -0.2) is 26.9 Å². The van der Waals surface area contributed by atoms with Gasteiger partial charge in [0.15, 0.2) is 11.0 Å². The minimum Gasteiger partial charge on any atom is -0.390 e. The maximum atomic E-state index is 9.75. The summed E-state index contributed by atoms with van der Waals surface area (Å²) < 4.78 is 0. The van der Waals surface area contributed by atoms with E-state index >= 15 is 0 Å². The van der Waals surface area contributed by atoms with Crippen molar-refractivity contribution in [1.82, 2.24) is 10.2 Å². The molecule has 2 aliphatic rings. The van der Waals surface area contributed by atoms with Crippen molar-refractivity contribution in [3.8, 4) is 0 Å². The van der Waals surface area contributed by atoms with Gasteiger partial charge in [-0.05, 0) is 51.0 Å². The molecule has 0 saturated heterocycles. The number of nitrogens with one attached hydrogen (secondary N) is 1. The fourth-order valence-corrected chi connectivity index (χ4v) is 3.27. The molecule has 0 aromatic carbocycles. The van der Waals surface area contributed by atoms with E-state index in [1.54, 1.807) is 0 Å². The largest absolute Gasteiger partial charge is 0.390 e. The number of hydrogen-bond donors (Lipinski definition) is 2. The van der Waals surface area contributed by atoms with E-state index in [1.807, 2.05) is 6.92 Å². The second kappa shape index (κ2) is 4.35. The summed E-state index contributed by atoms with van der Waals surface area (Å²) in [6, 6.07) is 0.307. The summed E-state index contributed by atoms with van der Waals surface area (Å²) in [5.41, 5.74) is 1.87. The normalized spacial score (nSPS) is 30.5. The summed E-state index contributed by atoms with van der Waals surface area (Å²) >= 11 is 6.10. The van der Waals surface area contributed by atoms with Gasteiger partial charge in [-0.15, -0.1) is 10.2 Å². The Kier molecular flexibility index (Phi) is 2.94.